The van der Waals surface area contributed by atoms with E-state index in [1.807, 2.05) is 13.0 Å². The van der Waals surface area contributed by atoms with Gasteiger partial charge in [-0.05, 0) is 61.9 Å². The topological polar surface area (TPSA) is 80.4 Å². The fraction of sp³-hybridized carbons (Fsp3) is 0.238. The molecule has 3 rings (SSSR count). The van der Waals surface area contributed by atoms with Gasteiger partial charge in [0.1, 0.15) is 11.5 Å². The van der Waals surface area contributed by atoms with Crippen LogP contribution in [0.3, 0.4) is 0 Å². The molecule has 0 saturated carbocycles. The van der Waals surface area contributed by atoms with Crippen LogP contribution < -0.4 is 20.3 Å². The van der Waals surface area contributed by atoms with Gasteiger partial charge in [0.05, 0.1) is 13.7 Å². The summed E-state index contributed by atoms with van der Waals surface area (Å²) in [5.41, 5.74) is 1.82. The van der Waals surface area contributed by atoms with E-state index < -0.39 is 0 Å². The number of methoxy groups -OCH3 is 1. The number of rotatable bonds is 7. The third-order valence-corrected chi connectivity index (χ3v) is 4.20. The third kappa shape index (κ3) is 4.67. The lowest BCUT2D eigenvalue weighted by Gasteiger charge is -2.08. The zero-order valence-corrected chi connectivity index (χ0v) is 15.4. The van der Waals surface area contributed by atoms with Crippen molar-refractivity contribution in [3.8, 4) is 11.5 Å². The average Bonchev–Trinajstić information content (AvgIpc) is 2.67. The van der Waals surface area contributed by atoms with Gasteiger partial charge in [-0.3, -0.25) is 9.59 Å². The highest BCUT2D eigenvalue weighted by Gasteiger charge is 2.08. The number of aromatic amines is 1. The first-order valence-electron chi connectivity index (χ1n) is 8.81. The van der Waals surface area contributed by atoms with E-state index in [-0.39, 0.29) is 17.9 Å². The number of pyridine rings is 1. The van der Waals surface area contributed by atoms with Crippen molar-refractivity contribution < 1.29 is 14.3 Å². The number of hydrogen-bond donors (Lipinski definition) is 2. The number of anilines is 1. The van der Waals surface area contributed by atoms with Gasteiger partial charge in [-0.25, -0.2) is 0 Å². The molecule has 0 atom stereocenters. The first-order valence-corrected chi connectivity index (χ1v) is 8.81. The Balaban J connectivity index is 1.65. The number of amides is 1. The van der Waals surface area contributed by atoms with Crippen molar-refractivity contribution >= 4 is 22.5 Å². The Bertz CT molecular complexity index is 993. The molecule has 0 aliphatic carbocycles. The second-order valence-corrected chi connectivity index (χ2v) is 6.08. The number of H-pyrrole nitrogens is 1. The summed E-state index contributed by atoms with van der Waals surface area (Å²) in [6.07, 6.45) is 0.567. The van der Waals surface area contributed by atoms with Crippen LogP contribution in [0.1, 0.15) is 18.9 Å². The van der Waals surface area contributed by atoms with Crippen LogP contribution in [-0.2, 0) is 11.2 Å². The number of carbonyl (C=O) groups is 1. The number of nitrogens with one attached hydrogen (secondary N) is 2. The summed E-state index contributed by atoms with van der Waals surface area (Å²) in [6.45, 7) is 2.51. The number of hydrogen-bond acceptors (Lipinski definition) is 4. The monoisotopic (exact) mass is 366 g/mol. The third-order valence-electron chi connectivity index (χ3n) is 4.20. The number of ether oxygens (including phenoxy) is 2. The minimum absolute atomic E-state index is 0.149. The van der Waals surface area contributed by atoms with Crippen LogP contribution in [0, 0.1) is 0 Å². The lowest BCUT2D eigenvalue weighted by Crippen LogP contribution is -2.17. The molecule has 1 amide bonds. The zero-order chi connectivity index (χ0) is 19.2. The molecule has 2 N–H and O–H groups in total. The molecule has 6 heteroatoms. The molecular formula is C21H22N2O4. The predicted octanol–water partition coefficient (Wildman–Crippen LogP) is 3.51. The highest BCUT2D eigenvalue weighted by atomic mass is 16.5. The molecule has 1 aromatic heterocycles. The number of benzene rings is 2. The molecular weight excluding hydrogens is 344 g/mol. The number of aromatic nitrogens is 1. The van der Waals surface area contributed by atoms with Crippen LogP contribution in [0.5, 0.6) is 11.5 Å². The molecule has 2 aromatic carbocycles. The van der Waals surface area contributed by atoms with Crippen molar-refractivity contribution in [2.75, 3.05) is 19.0 Å². The minimum atomic E-state index is -0.179. The van der Waals surface area contributed by atoms with Gasteiger partial charge in [0, 0.05) is 28.6 Å². The molecule has 0 unspecified atom stereocenters. The van der Waals surface area contributed by atoms with Gasteiger partial charge >= 0.3 is 0 Å². The van der Waals surface area contributed by atoms with E-state index >= 15 is 0 Å². The summed E-state index contributed by atoms with van der Waals surface area (Å²) in [6, 6.07) is 14.5. The maximum atomic E-state index is 12.2. The fourth-order valence-electron chi connectivity index (χ4n) is 2.82. The lowest BCUT2D eigenvalue weighted by molar-refractivity contribution is -0.116. The Morgan fingerprint density at radius 2 is 1.81 bits per heavy atom. The summed E-state index contributed by atoms with van der Waals surface area (Å²) in [7, 11) is 1.60. The fourth-order valence-corrected chi connectivity index (χ4v) is 2.82. The molecule has 0 saturated heterocycles. The first kappa shape index (κ1) is 18.5. The molecule has 0 radical (unpaired) electrons. The molecule has 0 aliphatic heterocycles. The highest BCUT2D eigenvalue weighted by molar-refractivity contribution is 5.91. The van der Waals surface area contributed by atoms with Crippen molar-refractivity contribution in [3.05, 3.63) is 64.4 Å². The van der Waals surface area contributed by atoms with Gasteiger partial charge in [-0.1, -0.05) is 0 Å². The molecule has 3 aromatic rings. The normalized spacial score (nSPS) is 10.6. The molecule has 0 fully saturated rings. The van der Waals surface area contributed by atoms with Gasteiger partial charge in [-0.15, -0.1) is 0 Å². The van der Waals surface area contributed by atoms with Crippen molar-refractivity contribution in [1.82, 2.24) is 4.98 Å². The van der Waals surface area contributed by atoms with E-state index in [4.69, 9.17) is 9.47 Å². The van der Waals surface area contributed by atoms with E-state index in [2.05, 4.69) is 10.3 Å². The second-order valence-electron chi connectivity index (χ2n) is 6.08. The first-order chi connectivity index (χ1) is 13.1. The van der Waals surface area contributed by atoms with Crippen molar-refractivity contribution in [3.63, 3.8) is 0 Å². The Morgan fingerprint density at radius 3 is 2.52 bits per heavy atom. The molecule has 27 heavy (non-hydrogen) atoms. The van der Waals surface area contributed by atoms with Crippen LogP contribution in [0.25, 0.3) is 10.9 Å². The summed E-state index contributed by atoms with van der Waals surface area (Å²) >= 11 is 0. The van der Waals surface area contributed by atoms with E-state index in [1.54, 1.807) is 49.6 Å². The Labute approximate surface area is 157 Å². The standard InChI is InChI=1S/C21H22N2O4/c1-3-27-17-7-5-16(6-8-17)22-20(24)11-4-14-12-15-13-18(26-2)9-10-19(15)23-21(14)25/h5-10,12-13H,3-4,11H2,1-2H3,(H,22,24)(H,23,25). The Morgan fingerprint density at radius 1 is 1.07 bits per heavy atom. The molecule has 1 heterocycles. The number of fused-ring (bicyclic) bond motifs is 1. The van der Waals surface area contributed by atoms with E-state index in [9.17, 15) is 9.59 Å². The molecule has 140 valence electrons. The number of aryl methyl sites for hydroxylation is 1. The van der Waals surface area contributed by atoms with Crippen LogP contribution in [-0.4, -0.2) is 24.6 Å². The van der Waals surface area contributed by atoms with Crippen molar-refractivity contribution in [1.29, 1.82) is 0 Å². The molecule has 0 spiro atoms. The predicted molar refractivity (Wildman–Crippen MR) is 106 cm³/mol. The van der Waals surface area contributed by atoms with Crippen molar-refractivity contribution in [2.45, 2.75) is 19.8 Å². The molecule has 6 nitrogen and oxygen atoms in total. The smallest absolute Gasteiger partial charge is 0.251 e. The zero-order valence-electron chi connectivity index (χ0n) is 15.4. The summed E-state index contributed by atoms with van der Waals surface area (Å²) < 4.78 is 10.6. The Kier molecular flexibility index (Phi) is 5.76. The van der Waals surface area contributed by atoms with Crippen LogP contribution in [0.4, 0.5) is 5.69 Å². The summed E-state index contributed by atoms with van der Waals surface area (Å²) in [5, 5.41) is 3.70. The maximum absolute atomic E-state index is 12.2. The second kappa shape index (κ2) is 8.40. The van der Waals surface area contributed by atoms with Crippen molar-refractivity contribution in [2.24, 2.45) is 0 Å². The van der Waals surface area contributed by atoms with E-state index in [0.29, 0.717) is 30.0 Å². The van der Waals surface area contributed by atoms with Gasteiger partial charge in [-0.2, -0.15) is 0 Å². The summed E-state index contributed by atoms with van der Waals surface area (Å²) in [4.78, 5) is 27.3. The summed E-state index contributed by atoms with van der Waals surface area (Å²) in [5.74, 6) is 1.33. The largest absolute Gasteiger partial charge is 0.497 e. The van der Waals surface area contributed by atoms with Crippen LogP contribution in [0.2, 0.25) is 0 Å². The molecule has 0 aliphatic rings. The van der Waals surface area contributed by atoms with Crippen LogP contribution >= 0.6 is 0 Å². The lowest BCUT2D eigenvalue weighted by atomic mass is 10.1. The average molecular weight is 366 g/mol. The number of carbonyl (C=O) groups excluding carboxylic acids is 1. The SMILES string of the molecule is CCOc1ccc(NC(=O)CCc2cc3cc(OC)ccc3[nH]c2=O)cc1. The van der Waals surface area contributed by atoms with Gasteiger partial charge in [0.25, 0.3) is 5.56 Å². The van der Waals surface area contributed by atoms with E-state index in [0.717, 1.165) is 16.7 Å². The molecule has 0 bridgehead atoms. The Hall–Kier alpha value is -3.28. The van der Waals surface area contributed by atoms with E-state index in [1.165, 1.54) is 0 Å². The maximum Gasteiger partial charge on any atom is 0.251 e. The van der Waals surface area contributed by atoms with Crippen LogP contribution in [0.15, 0.2) is 53.3 Å². The van der Waals surface area contributed by atoms with Gasteiger partial charge in [0.15, 0.2) is 0 Å². The van der Waals surface area contributed by atoms with Gasteiger partial charge in [0.2, 0.25) is 5.91 Å². The minimum Gasteiger partial charge on any atom is -0.497 e. The quantitative estimate of drug-likeness (QED) is 0.671. The van der Waals surface area contributed by atoms with Gasteiger partial charge < -0.3 is 19.8 Å². The highest BCUT2D eigenvalue weighted by Crippen LogP contribution is 2.19.